The average Bonchev–Trinajstić information content (AvgIpc) is 3.18. The molecule has 4 rings (SSSR count). The number of para-hydroxylation sites is 1. The molecule has 8 heteroatoms. The second kappa shape index (κ2) is 6.31. The van der Waals surface area contributed by atoms with Crippen molar-refractivity contribution in [2.24, 2.45) is 7.05 Å². The lowest BCUT2D eigenvalue weighted by atomic mass is 10.1. The van der Waals surface area contributed by atoms with Gasteiger partial charge in [-0.3, -0.25) is 9.48 Å². The number of pyridine rings is 1. The summed E-state index contributed by atoms with van der Waals surface area (Å²) < 4.78 is 6.75. The standard InChI is InChI=1S/C19H18N6O2/c1-10-9-14(16-11(2)23-25(4)18(16)20-10)19(26)22-15-8-6-5-7-13(15)17-21-12(3)27-24-17/h5-9H,1-4H3,(H,22,26). The molecule has 1 amide bonds. The Labute approximate surface area is 155 Å². The maximum Gasteiger partial charge on any atom is 0.256 e. The van der Waals surface area contributed by atoms with E-state index in [9.17, 15) is 4.79 Å². The fraction of sp³-hybridized carbons (Fsp3) is 0.211. The highest BCUT2D eigenvalue weighted by Gasteiger charge is 2.19. The van der Waals surface area contributed by atoms with Crippen LogP contribution in [0, 0.1) is 20.8 Å². The lowest BCUT2D eigenvalue weighted by Gasteiger charge is -2.10. The Morgan fingerprint density at radius 1 is 1.15 bits per heavy atom. The number of anilines is 1. The number of benzene rings is 1. The lowest BCUT2D eigenvalue weighted by Crippen LogP contribution is -2.14. The highest BCUT2D eigenvalue weighted by Crippen LogP contribution is 2.27. The monoisotopic (exact) mass is 362 g/mol. The highest BCUT2D eigenvalue weighted by atomic mass is 16.5. The SMILES string of the molecule is Cc1cc(C(=O)Nc2ccccc2-c2noc(C)n2)c2c(C)nn(C)c2n1. The normalized spacial score (nSPS) is 11.1. The third kappa shape index (κ3) is 2.95. The molecule has 8 nitrogen and oxygen atoms in total. The van der Waals surface area contributed by atoms with Crippen molar-refractivity contribution in [2.45, 2.75) is 20.8 Å². The van der Waals surface area contributed by atoms with E-state index >= 15 is 0 Å². The molecule has 0 aliphatic heterocycles. The molecular weight excluding hydrogens is 344 g/mol. The Bertz CT molecular complexity index is 1170. The zero-order valence-electron chi connectivity index (χ0n) is 15.4. The predicted octanol–water partition coefficient (Wildman–Crippen LogP) is 3.20. The summed E-state index contributed by atoms with van der Waals surface area (Å²) in [5.74, 6) is 0.648. The molecular formula is C19H18N6O2. The van der Waals surface area contributed by atoms with Crippen LogP contribution < -0.4 is 5.32 Å². The van der Waals surface area contributed by atoms with Crippen LogP contribution in [0.4, 0.5) is 5.69 Å². The van der Waals surface area contributed by atoms with Crippen molar-refractivity contribution in [1.82, 2.24) is 24.9 Å². The first-order chi connectivity index (χ1) is 12.9. The molecule has 0 saturated heterocycles. The summed E-state index contributed by atoms with van der Waals surface area (Å²) in [4.78, 5) is 21.8. The average molecular weight is 362 g/mol. The number of nitrogens with one attached hydrogen (secondary N) is 1. The van der Waals surface area contributed by atoms with Gasteiger partial charge in [-0.25, -0.2) is 4.98 Å². The second-order valence-electron chi connectivity index (χ2n) is 6.36. The lowest BCUT2D eigenvalue weighted by molar-refractivity contribution is 0.102. The summed E-state index contributed by atoms with van der Waals surface area (Å²) in [5, 5.41) is 12.0. The van der Waals surface area contributed by atoms with Crippen LogP contribution in [0.2, 0.25) is 0 Å². The van der Waals surface area contributed by atoms with Gasteiger partial charge in [0.1, 0.15) is 0 Å². The molecule has 0 saturated carbocycles. The van der Waals surface area contributed by atoms with Crippen molar-refractivity contribution in [3.63, 3.8) is 0 Å². The van der Waals surface area contributed by atoms with Crippen molar-refractivity contribution in [1.29, 1.82) is 0 Å². The molecule has 0 radical (unpaired) electrons. The van der Waals surface area contributed by atoms with Crippen molar-refractivity contribution in [3.05, 3.63) is 53.2 Å². The maximum atomic E-state index is 13.1. The zero-order chi connectivity index (χ0) is 19.1. The third-order valence-electron chi connectivity index (χ3n) is 4.29. The number of hydrogen-bond donors (Lipinski definition) is 1. The second-order valence-corrected chi connectivity index (χ2v) is 6.36. The Morgan fingerprint density at radius 3 is 2.67 bits per heavy atom. The first-order valence-corrected chi connectivity index (χ1v) is 8.46. The molecule has 0 atom stereocenters. The van der Waals surface area contributed by atoms with Gasteiger partial charge < -0.3 is 9.84 Å². The molecule has 0 aliphatic rings. The molecule has 1 aromatic carbocycles. The van der Waals surface area contributed by atoms with Crippen molar-refractivity contribution in [2.75, 3.05) is 5.32 Å². The smallest absolute Gasteiger partial charge is 0.256 e. The summed E-state index contributed by atoms with van der Waals surface area (Å²) >= 11 is 0. The Morgan fingerprint density at radius 2 is 1.93 bits per heavy atom. The minimum Gasteiger partial charge on any atom is -0.339 e. The minimum atomic E-state index is -0.241. The number of rotatable bonds is 3. The summed E-state index contributed by atoms with van der Waals surface area (Å²) in [7, 11) is 1.82. The van der Waals surface area contributed by atoms with E-state index in [0.29, 0.717) is 34.2 Å². The van der Waals surface area contributed by atoms with Crippen molar-refractivity contribution in [3.8, 4) is 11.4 Å². The molecule has 3 heterocycles. The Kier molecular flexibility index (Phi) is 3.95. The fourth-order valence-electron chi connectivity index (χ4n) is 3.13. The fourth-order valence-corrected chi connectivity index (χ4v) is 3.13. The van der Waals surface area contributed by atoms with E-state index < -0.39 is 0 Å². The van der Waals surface area contributed by atoms with Crippen LogP contribution >= 0.6 is 0 Å². The number of carbonyl (C=O) groups excluding carboxylic acids is 1. The van der Waals surface area contributed by atoms with Crippen LogP contribution in [-0.4, -0.2) is 30.8 Å². The van der Waals surface area contributed by atoms with Crippen LogP contribution in [0.3, 0.4) is 0 Å². The van der Waals surface area contributed by atoms with Gasteiger partial charge in [-0.05, 0) is 32.0 Å². The van der Waals surface area contributed by atoms with E-state index in [4.69, 9.17) is 4.52 Å². The number of fused-ring (bicyclic) bond motifs is 1. The molecule has 136 valence electrons. The summed E-state index contributed by atoms with van der Waals surface area (Å²) in [6, 6.07) is 9.11. The first kappa shape index (κ1) is 16.9. The molecule has 1 N–H and O–H groups in total. The molecule has 3 aromatic heterocycles. The largest absolute Gasteiger partial charge is 0.339 e. The summed E-state index contributed by atoms with van der Waals surface area (Å²) in [6.07, 6.45) is 0. The van der Waals surface area contributed by atoms with Gasteiger partial charge in [0.15, 0.2) is 5.65 Å². The van der Waals surface area contributed by atoms with Gasteiger partial charge in [0.25, 0.3) is 5.91 Å². The quantitative estimate of drug-likeness (QED) is 0.601. The molecule has 4 aromatic rings. The number of carbonyl (C=O) groups is 1. The summed E-state index contributed by atoms with van der Waals surface area (Å²) in [5.41, 5.74) is 4.01. The molecule has 27 heavy (non-hydrogen) atoms. The van der Waals surface area contributed by atoms with Gasteiger partial charge >= 0.3 is 0 Å². The Hall–Kier alpha value is -3.55. The van der Waals surface area contributed by atoms with Gasteiger partial charge in [-0.1, -0.05) is 17.3 Å². The van der Waals surface area contributed by atoms with E-state index in [0.717, 1.165) is 16.8 Å². The van der Waals surface area contributed by atoms with Crippen LogP contribution in [0.25, 0.3) is 22.4 Å². The van der Waals surface area contributed by atoms with Crippen molar-refractivity contribution >= 4 is 22.6 Å². The number of hydrogen-bond acceptors (Lipinski definition) is 6. The number of aromatic nitrogens is 5. The van der Waals surface area contributed by atoms with E-state index in [1.54, 1.807) is 23.7 Å². The molecule has 0 spiro atoms. The van der Waals surface area contributed by atoms with E-state index in [-0.39, 0.29) is 5.91 Å². The molecule has 0 fully saturated rings. The van der Waals surface area contributed by atoms with Crippen LogP contribution in [0.1, 0.15) is 27.6 Å². The van der Waals surface area contributed by atoms with E-state index in [2.05, 4.69) is 25.5 Å². The van der Waals surface area contributed by atoms with Gasteiger partial charge in [0.05, 0.1) is 22.3 Å². The number of amides is 1. The Balaban J connectivity index is 1.78. The van der Waals surface area contributed by atoms with Gasteiger partial charge in [0, 0.05) is 25.2 Å². The number of aryl methyl sites for hydroxylation is 4. The summed E-state index contributed by atoms with van der Waals surface area (Å²) in [6.45, 7) is 5.44. The maximum absolute atomic E-state index is 13.1. The predicted molar refractivity (Wildman–Crippen MR) is 100 cm³/mol. The molecule has 0 aliphatic carbocycles. The highest BCUT2D eigenvalue weighted by molar-refractivity contribution is 6.13. The third-order valence-corrected chi connectivity index (χ3v) is 4.29. The van der Waals surface area contributed by atoms with Gasteiger partial charge in [-0.2, -0.15) is 10.1 Å². The van der Waals surface area contributed by atoms with Crippen LogP contribution in [0.15, 0.2) is 34.9 Å². The van der Waals surface area contributed by atoms with E-state index in [1.165, 1.54) is 0 Å². The first-order valence-electron chi connectivity index (χ1n) is 8.46. The van der Waals surface area contributed by atoms with E-state index in [1.807, 2.05) is 39.1 Å². The topological polar surface area (TPSA) is 98.7 Å². The van der Waals surface area contributed by atoms with Gasteiger partial charge in [-0.15, -0.1) is 0 Å². The molecule has 0 unspecified atom stereocenters. The van der Waals surface area contributed by atoms with Crippen molar-refractivity contribution < 1.29 is 9.32 Å². The van der Waals surface area contributed by atoms with Crippen LogP contribution in [0.5, 0.6) is 0 Å². The van der Waals surface area contributed by atoms with Gasteiger partial charge in [0.2, 0.25) is 11.7 Å². The van der Waals surface area contributed by atoms with Crippen LogP contribution in [-0.2, 0) is 7.05 Å². The number of nitrogens with zero attached hydrogens (tertiary/aromatic N) is 5. The molecule has 0 bridgehead atoms. The minimum absolute atomic E-state index is 0.241. The zero-order valence-corrected chi connectivity index (χ0v) is 15.4.